The molecule has 0 bridgehead atoms. The van der Waals surface area contributed by atoms with Crippen molar-refractivity contribution in [1.82, 2.24) is 9.97 Å². The Balaban J connectivity index is 2.09. The van der Waals surface area contributed by atoms with Crippen molar-refractivity contribution in [3.8, 4) is 0 Å². The molecule has 0 aliphatic carbocycles. The van der Waals surface area contributed by atoms with Gasteiger partial charge < -0.3 is 10.2 Å². The highest BCUT2D eigenvalue weighted by molar-refractivity contribution is 5.69. The zero-order valence-electron chi connectivity index (χ0n) is 11.5. The number of benzene rings is 1. The summed E-state index contributed by atoms with van der Waals surface area (Å²) in [6, 6.07) is 11.0. The zero-order valence-corrected chi connectivity index (χ0v) is 11.5. The molecule has 1 unspecified atom stereocenters. The van der Waals surface area contributed by atoms with Crippen molar-refractivity contribution in [2.45, 2.75) is 26.3 Å². The summed E-state index contributed by atoms with van der Waals surface area (Å²) in [5.74, 6) is 1.64. The van der Waals surface area contributed by atoms with Gasteiger partial charge in [0.1, 0.15) is 5.82 Å². The van der Waals surface area contributed by atoms with Gasteiger partial charge in [-0.05, 0) is 31.9 Å². The van der Waals surface area contributed by atoms with E-state index in [1.807, 2.05) is 20.0 Å². The summed E-state index contributed by atoms with van der Waals surface area (Å²) in [7, 11) is 1.85. The molecule has 98 valence electrons. The average molecular weight is 254 g/mol. The molecule has 0 saturated heterocycles. The second-order valence-corrected chi connectivity index (χ2v) is 4.99. The van der Waals surface area contributed by atoms with Crippen molar-refractivity contribution < 1.29 is 0 Å². The second kappa shape index (κ2) is 4.53. The first kappa shape index (κ1) is 12.0. The number of anilines is 3. The number of fused-ring (bicyclic) bond motifs is 1. The molecule has 0 radical (unpaired) electrons. The Kier molecular flexibility index (Phi) is 2.85. The molecule has 2 aromatic rings. The van der Waals surface area contributed by atoms with E-state index < -0.39 is 0 Å². The summed E-state index contributed by atoms with van der Waals surface area (Å²) in [5.41, 5.74) is 3.62. The predicted molar refractivity (Wildman–Crippen MR) is 78.1 cm³/mol. The van der Waals surface area contributed by atoms with E-state index in [1.165, 1.54) is 11.3 Å². The maximum atomic E-state index is 4.59. The molecule has 1 N–H and O–H groups in total. The fraction of sp³-hybridized carbons (Fsp3) is 0.333. The predicted octanol–water partition coefficient (Wildman–Crippen LogP) is 2.91. The fourth-order valence-corrected chi connectivity index (χ4v) is 2.70. The number of aromatic nitrogens is 2. The maximum Gasteiger partial charge on any atom is 0.224 e. The van der Waals surface area contributed by atoms with E-state index in [-0.39, 0.29) is 0 Å². The average Bonchev–Trinajstić information content (AvgIpc) is 2.73. The van der Waals surface area contributed by atoms with Gasteiger partial charge in [0.25, 0.3) is 0 Å². The number of aryl methyl sites for hydroxylation is 1. The lowest BCUT2D eigenvalue weighted by atomic mass is 10.1. The molecular weight excluding hydrogens is 236 g/mol. The third kappa shape index (κ3) is 2.03. The van der Waals surface area contributed by atoms with E-state index in [9.17, 15) is 0 Å². The second-order valence-electron chi connectivity index (χ2n) is 4.99. The number of rotatable bonds is 2. The van der Waals surface area contributed by atoms with E-state index in [0.29, 0.717) is 12.0 Å². The summed E-state index contributed by atoms with van der Waals surface area (Å²) in [6.07, 6.45) is 1.06. The lowest BCUT2D eigenvalue weighted by Gasteiger charge is -2.24. The molecular formula is C15H18N4. The van der Waals surface area contributed by atoms with Crippen LogP contribution in [0.3, 0.4) is 0 Å². The topological polar surface area (TPSA) is 41.1 Å². The zero-order chi connectivity index (χ0) is 13.4. The number of hydrogen-bond acceptors (Lipinski definition) is 4. The van der Waals surface area contributed by atoms with Gasteiger partial charge in [-0.1, -0.05) is 18.2 Å². The molecule has 4 nitrogen and oxygen atoms in total. The highest BCUT2D eigenvalue weighted by Gasteiger charge is 2.28. The molecule has 1 atom stereocenters. The van der Waals surface area contributed by atoms with Crippen LogP contribution in [0.1, 0.15) is 18.2 Å². The highest BCUT2D eigenvalue weighted by atomic mass is 15.3. The number of nitrogens with one attached hydrogen (secondary N) is 1. The molecule has 0 fully saturated rings. The van der Waals surface area contributed by atoms with Crippen LogP contribution in [0.25, 0.3) is 0 Å². The summed E-state index contributed by atoms with van der Waals surface area (Å²) in [4.78, 5) is 11.2. The van der Waals surface area contributed by atoms with Crippen LogP contribution in [0.2, 0.25) is 0 Å². The van der Waals surface area contributed by atoms with Gasteiger partial charge in [-0.25, -0.2) is 4.98 Å². The van der Waals surface area contributed by atoms with Gasteiger partial charge in [-0.2, -0.15) is 4.98 Å². The third-order valence-corrected chi connectivity index (χ3v) is 3.52. The molecule has 1 aromatic heterocycles. The van der Waals surface area contributed by atoms with E-state index in [1.54, 1.807) is 0 Å². The monoisotopic (exact) mass is 254 g/mol. The minimum Gasteiger partial charge on any atom is -0.357 e. The summed E-state index contributed by atoms with van der Waals surface area (Å²) < 4.78 is 0. The van der Waals surface area contributed by atoms with Crippen LogP contribution in [-0.4, -0.2) is 23.1 Å². The highest BCUT2D eigenvalue weighted by Crippen LogP contribution is 2.37. The molecule has 3 rings (SSSR count). The van der Waals surface area contributed by atoms with Gasteiger partial charge in [-0.15, -0.1) is 0 Å². The van der Waals surface area contributed by atoms with Crippen molar-refractivity contribution in [3.05, 3.63) is 41.6 Å². The lowest BCUT2D eigenvalue weighted by Crippen LogP contribution is -2.25. The third-order valence-electron chi connectivity index (χ3n) is 3.52. The Hall–Kier alpha value is -2.10. The molecule has 1 aromatic carbocycles. The maximum absolute atomic E-state index is 4.59. The number of para-hydroxylation sites is 1. The molecule has 4 heteroatoms. The molecule has 0 spiro atoms. The molecule has 0 saturated carbocycles. The van der Waals surface area contributed by atoms with Crippen LogP contribution >= 0.6 is 0 Å². The van der Waals surface area contributed by atoms with E-state index in [4.69, 9.17) is 0 Å². The van der Waals surface area contributed by atoms with Crippen LogP contribution in [-0.2, 0) is 6.42 Å². The van der Waals surface area contributed by atoms with Crippen LogP contribution < -0.4 is 10.2 Å². The molecule has 0 amide bonds. The molecule has 1 aliphatic heterocycles. The van der Waals surface area contributed by atoms with Gasteiger partial charge in [0.2, 0.25) is 5.95 Å². The van der Waals surface area contributed by atoms with E-state index in [0.717, 1.165) is 17.9 Å². The lowest BCUT2D eigenvalue weighted by molar-refractivity contribution is 0.749. The summed E-state index contributed by atoms with van der Waals surface area (Å²) >= 11 is 0. The first-order chi connectivity index (χ1) is 9.19. The van der Waals surface area contributed by atoms with Crippen molar-refractivity contribution in [2.75, 3.05) is 17.3 Å². The first-order valence-electron chi connectivity index (χ1n) is 6.59. The smallest absolute Gasteiger partial charge is 0.224 e. The molecule has 19 heavy (non-hydrogen) atoms. The number of hydrogen-bond donors (Lipinski definition) is 1. The van der Waals surface area contributed by atoms with Gasteiger partial charge >= 0.3 is 0 Å². The van der Waals surface area contributed by atoms with Crippen molar-refractivity contribution >= 4 is 17.5 Å². The van der Waals surface area contributed by atoms with Gasteiger partial charge in [-0.3, -0.25) is 0 Å². The van der Waals surface area contributed by atoms with Crippen LogP contribution in [0.5, 0.6) is 0 Å². The SMILES string of the molecule is CNc1nc(C)cc(N2c3ccccc3CC2C)n1. The Bertz CT molecular complexity index is 609. The Labute approximate surface area is 113 Å². The molecule has 2 heterocycles. The Morgan fingerprint density at radius 1 is 1.26 bits per heavy atom. The van der Waals surface area contributed by atoms with Crippen LogP contribution in [0.15, 0.2) is 30.3 Å². The molecule has 1 aliphatic rings. The fourth-order valence-electron chi connectivity index (χ4n) is 2.70. The minimum atomic E-state index is 0.427. The van der Waals surface area contributed by atoms with E-state index >= 15 is 0 Å². The van der Waals surface area contributed by atoms with Crippen molar-refractivity contribution in [2.24, 2.45) is 0 Å². The van der Waals surface area contributed by atoms with E-state index in [2.05, 4.69) is 51.4 Å². The van der Waals surface area contributed by atoms with Gasteiger partial charge in [0, 0.05) is 30.5 Å². The van der Waals surface area contributed by atoms with Gasteiger partial charge in [0.15, 0.2) is 0 Å². The van der Waals surface area contributed by atoms with Crippen molar-refractivity contribution in [3.63, 3.8) is 0 Å². The standard InChI is InChI=1S/C15H18N4/c1-10-8-14(18-15(16-3)17-10)19-11(2)9-12-6-4-5-7-13(12)19/h4-8,11H,9H2,1-3H3,(H,16,17,18). The van der Waals surface area contributed by atoms with Crippen LogP contribution in [0.4, 0.5) is 17.5 Å². The Morgan fingerprint density at radius 3 is 2.84 bits per heavy atom. The normalized spacial score (nSPS) is 17.4. The van der Waals surface area contributed by atoms with Gasteiger partial charge in [0.05, 0.1) is 0 Å². The number of nitrogens with zero attached hydrogens (tertiary/aromatic N) is 3. The Morgan fingerprint density at radius 2 is 2.05 bits per heavy atom. The summed E-state index contributed by atoms with van der Waals surface area (Å²) in [6.45, 7) is 4.23. The summed E-state index contributed by atoms with van der Waals surface area (Å²) in [5, 5.41) is 3.02. The first-order valence-corrected chi connectivity index (χ1v) is 6.59. The minimum absolute atomic E-state index is 0.427. The largest absolute Gasteiger partial charge is 0.357 e. The van der Waals surface area contributed by atoms with Crippen molar-refractivity contribution in [1.29, 1.82) is 0 Å². The quantitative estimate of drug-likeness (QED) is 0.894. The van der Waals surface area contributed by atoms with Crippen LogP contribution in [0, 0.1) is 6.92 Å².